The van der Waals surface area contributed by atoms with E-state index in [0.717, 1.165) is 18.8 Å². The number of morpholine rings is 1. The summed E-state index contributed by atoms with van der Waals surface area (Å²) in [5, 5.41) is 0. The number of anilines is 1. The number of aliphatic imine (C=N–C) groups is 1. The Morgan fingerprint density at radius 3 is 2.64 bits per heavy atom. The van der Waals surface area contributed by atoms with Gasteiger partial charge in [-0.25, -0.2) is 14.3 Å². The first-order chi connectivity index (χ1) is 16.0. The molecule has 0 saturated carbocycles. The monoisotopic (exact) mass is 457 g/mol. The Hall–Kier alpha value is -3.18. The second-order valence-electron chi connectivity index (χ2n) is 8.34. The first kappa shape index (κ1) is 21.7. The quantitative estimate of drug-likeness (QED) is 0.551. The van der Waals surface area contributed by atoms with Gasteiger partial charge in [-0.05, 0) is 12.1 Å². The second-order valence-corrected chi connectivity index (χ2v) is 8.34. The highest BCUT2D eigenvalue weighted by molar-refractivity contribution is 6.24. The lowest BCUT2D eigenvalue weighted by atomic mass is 10.1. The van der Waals surface area contributed by atoms with E-state index in [4.69, 9.17) is 19.2 Å². The fourth-order valence-electron chi connectivity index (χ4n) is 4.77. The largest absolute Gasteiger partial charge is 0.497 e. The van der Waals surface area contributed by atoms with E-state index in [-0.39, 0.29) is 11.9 Å². The summed E-state index contributed by atoms with van der Waals surface area (Å²) in [6.45, 7) is 5.24. The van der Waals surface area contributed by atoms with Gasteiger partial charge >= 0.3 is 12.0 Å². The van der Waals surface area contributed by atoms with E-state index < -0.39 is 6.04 Å². The molecule has 4 heterocycles. The van der Waals surface area contributed by atoms with Crippen LogP contribution in [0.1, 0.15) is 0 Å². The van der Waals surface area contributed by atoms with Gasteiger partial charge in [0.25, 0.3) is 5.91 Å². The number of methoxy groups -OCH3 is 2. The molecule has 4 aliphatic heterocycles. The Balaban J connectivity index is 1.40. The molecule has 1 aromatic carbocycles. The Bertz CT molecular complexity index is 1030. The van der Waals surface area contributed by atoms with Gasteiger partial charge in [0.15, 0.2) is 5.75 Å². The number of fused-ring (bicyclic) bond motifs is 2. The smallest absolute Gasteiger partial charge is 0.397 e. The van der Waals surface area contributed by atoms with Crippen LogP contribution in [0, 0.1) is 0 Å². The minimum absolute atomic E-state index is 0.219. The van der Waals surface area contributed by atoms with Crippen LogP contribution in [0.15, 0.2) is 23.2 Å². The van der Waals surface area contributed by atoms with Crippen LogP contribution >= 0.6 is 0 Å². The zero-order valence-electron chi connectivity index (χ0n) is 19.2. The third-order valence-electron chi connectivity index (χ3n) is 6.62. The van der Waals surface area contributed by atoms with Crippen molar-refractivity contribution < 1.29 is 28.4 Å². The highest BCUT2D eigenvalue weighted by atomic mass is 16.5. The molecule has 176 valence electrons. The molecular formula is C22H29N6O5+. The number of nitrogens with zero attached hydrogens (tertiary/aromatic N) is 6. The van der Waals surface area contributed by atoms with E-state index in [1.54, 1.807) is 21.3 Å². The van der Waals surface area contributed by atoms with Crippen LogP contribution in [-0.4, -0.2) is 123 Å². The van der Waals surface area contributed by atoms with Crippen molar-refractivity contribution in [3.63, 3.8) is 0 Å². The predicted octanol–water partition coefficient (Wildman–Crippen LogP) is -0.101. The summed E-state index contributed by atoms with van der Waals surface area (Å²) >= 11 is 0. The fourth-order valence-corrected chi connectivity index (χ4v) is 4.77. The van der Waals surface area contributed by atoms with Crippen molar-refractivity contribution in [2.75, 3.05) is 78.6 Å². The highest BCUT2D eigenvalue weighted by Crippen LogP contribution is 2.35. The Kier molecular flexibility index (Phi) is 5.67. The number of benzene rings is 1. The van der Waals surface area contributed by atoms with Gasteiger partial charge in [-0.1, -0.05) is 4.99 Å². The van der Waals surface area contributed by atoms with E-state index in [1.807, 2.05) is 27.7 Å². The lowest BCUT2D eigenvalue weighted by molar-refractivity contribution is -0.525. The maximum atomic E-state index is 13.5. The van der Waals surface area contributed by atoms with E-state index in [1.165, 1.54) is 9.80 Å². The minimum atomic E-state index is -0.596. The molecule has 2 fully saturated rings. The number of likely N-dealkylation sites (N-methyl/N-ethyl adjacent to an activating group) is 1. The average Bonchev–Trinajstić information content (AvgIpc) is 3.42. The van der Waals surface area contributed by atoms with Gasteiger partial charge in [0.05, 0.1) is 34.0 Å². The molecule has 3 amide bonds. The second kappa shape index (κ2) is 8.64. The molecule has 11 nitrogen and oxygen atoms in total. The van der Waals surface area contributed by atoms with E-state index in [0.29, 0.717) is 62.7 Å². The molecule has 0 aliphatic carbocycles. The molecule has 1 aromatic rings. The van der Waals surface area contributed by atoms with Crippen LogP contribution in [0.3, 0.4) is 0 Å². The number of ether oxygens (including phenoxy) is 3. The molecule has 0 N–H and O–H groups in total. The Labute approximate surface area is 192 Å². The Morgan fingerprint density at radius 2 is 1.91 bits per heavy atom. The molecule has 0 aromatic heterocycles. The van der Waals surface area contributed by atoms with Gasteiger partial charge in [0.2, 0.25) is 11.9 Å². The van der Waals surface area contributed by atoms with Gasteiger partial charge < -0.3 is 14.2 Å². The third kappa shape index (κ3) is 3.61. The first-order valence-corrected chi connectivity index (χ1v) is 11.1. The number of urea groups is 1. The van der Waals surface area contributed by atoms with Crippen molar-refractivity contribution in [3.8, 4) is 11.5 Å². The molecular weight excluding hydrogens is 428 g/mol. The SMILES string of the molecule is COc1ccc(N2CC[N+]3=C2N=C2C3C(=O)N(CCN3CCOCC3)C(=O)N2C)c(OC)c1. The van der Waals surface area contributed by atoms with Gasteiger partial charge in [0.1, 0.15) is 18.0 Å². The van der Waals surface area contributed by atoms with E-state index >= 15 is 0 Å². The average molecular weight is 458 g/mol. The summed E-state index contributed by atoms with van der Waals surface area (Å²) in [6.07, 6.45) is 0. The first-order valence-electron chi connectivity index (χ1n) is 11.1. The summed E-state index contributed by atoms with van der Waals surface area (Å²) in [5.74, 6) is 2.26. The van der Waals surface area contributed by atoms with Crippen LogP contribution < -0.4 is 14.4 Å². The Morgan fingerprint density at radius 1 is 1.12 bits per heavy atom. The topological polar surface area (TPSA) is 90.2 Å². The number of amides is 3. The molecule has 5 rings (SSSR count). The highest BCUT2D eigenvalue weighted by Gasteiger charge is 2.55. The number of guanidine groups is 1. The van der Waals surface area contributed by atoms with Crippen molar-refractivity contribution in [1.29, 1.82) is 0 Å². The number of imide groups is 1. The molecule has 0 spiro atoms. The lowest BCUT2D eigenvalue weighted by Crippen LogP contribution is -2.63. The van der Waals surface area contributed by atoms with Gasteiger partial charge in [-0.2, -0.15) is 0 Å². The van der Waals surface area contributed by atoms with Crippen molar-refractivity contribution >= 4 is 29.4 Å². The molecule has 11 heteroatoms. The molecule has 0 bridgehead atoms. The van der Waals surface area contributed by atoms with Gasteiger partial charge in [-0.15, -0.1) is 0 Å². The van der Waals surface area contributed by atoms with E-state index in [9.17, 15) is 9.59 Å². The zero-order chi connectivity index (χ0) is 23.1. The third-order valence-corrected chi connectivity index (χ3v) is 6.62. The van der Waals surface area contributed by atoms with Crippen LogP contribution in [0.5, 0.6) is 11.5 Å². The van der Waals surface area contributed by atoms with Crippen LogP contribution in [0.25, 0.3) is 0 Å². The summed E-state index contributed by atoms with van der Waals surface area (Å²) in [7, 11) is 4.90. The standard InChI is InChI=1S/C22H29N6O5/c1-24-19-18(20(29)28(22(24)30)7-6-25-10-12-33-13-11-25)27-9-8-26(21(27)23-19)16-5-4-15(31-2)14-17(16)32-3/h4-5,14,18H,6-13H2,1-3H3/q+1. The molecule has 0 radical (unpaired) electrons. The number of rotatable bonds is 6. The van der Waals surface area contributed by atoms with Gasteiger partial charge in [-0.3, -0.25) is 19.5 Å². The van der Waals surface area contributed by atoms with Gasteiger partial charge in [0, 0.05) is 39.3 Å². The van der Waals surface area contributed by atoms with Crippen molar-refractivity contribution in [1.82, 2.24) is 14.7 Å². The number of carbonyl (C=O) groups is 2. The van der Waals surface area contributed by atoms with Crippen LogP contribution in [0.2, 0.25) is 0 Å². The summed E-state index contributed by atoms with van der Waals surface area (Å²) in [4.78, 5) is 38.3. The molecule has 33 heavy (non-hydrogen) atoms. The summed E-state index contributed by atoms with van der Waals surface area (Å²) in [5.41, 5.74) is 0.837. The number of hydrogen-bond acceptors (Lipinski definition) is 8. The minimum Gasteiger partial charge on any atom is -0.497 e. The molecule has 1 unspecified atom stereocenters. The summed E-state index contributed by atoms with van der Waals surface area (Å²) in [6, 6.07) is 4.67. The number of carbonyl (C=O) groups excluding carboxylic acids is 2. The lowest BCUT2D eigenvalue weighted by Gasteiger charge is -2.35. The molecule has 4 aliphatic rings. The van der Waals surface area contributed by atoms with Crippen molar-refractivity contribution in [2.24, 2.45) is 4.99 Å². The van der Waals surface area contributed by atoms with Crippen LogP contribution in [-0.2, 0) is 9.53 Å². The van der Waals surface area contributed by atoms with Crippen molar-refractivity contribution in [2.45, 2.75) is 6.04 Å². The van der Waals surface area contributed by atoms with Crippen LogP contribution in [0.4, 0.5) is 10.5 Å². The maximum absolute atomic E-state index is 13.5. The van der Waals surface area contributed by atoms with E-state index in [2.05, 4.69) is 4.90 Å². The normalized spacial score (nSPS) is 23.2. The number of hydrogen-bond donors (Lipinski definition) is 0. The zero-order valence-corrected chi connectivity index (χ0v) is 19.2. The summed E-state index contributed by atoms with van der Waals surface area (Å²) < 4.78 is 18.3. The number of amidine groups is 1. The molecule has 2 saturated heterocycles. The maximum Gasteiger partial charge on any atom is 0.397 e. The molecule has 1 atom stereocenters. The predicted molar refractivity (Wildman–Crippen MR) is 120 cm³/mol. The fraction of sp³-hybridized carbons (Fsp3) is 0.545. The van der Waals surface area contributed by atoms with Crippen molar-refractivity contribution in [3.05, 3.63) is 18.2 Å².